The Morgan fingerprint density at radius 1 is 1.03 bits per heavy atom. The summed E-state index contributed by atoms with van der Waals surface area (Å²) in [6, 6.07) is 15.5. The fraction of sp³-hybridized carbons (Fsp3) is 0.182. The molecule has 0 bridgehead atoms. The van der Waals surface area contributed by atoms with E-state index in [1.807, 2.05) is 73.1 Å². The lowest BCUT2D eigenvalue weighted by atomic mass is 10.0. The van der Waals surface area contributed by atoms with Gasteiger partial charge in [0.05, 0.1) is 0 Å². The van der Waals surface area contributed by atoms with Crippen LogP contribution in [-0.2, 0) is 0 Å². The first kappa shape index (κ1) is 18.6. The number of anilines is 1. The molecule has 0 aliphatic rings. The molecule has 7 nitrogen and oxygen atoms in total. The highest BCUT2D eigenvalue weighted by Gasteiger charge is 2.09. The fourth-order valence-electron chi connectivity index (χ4n) is 3.27. The van der Waals surface area contributed by atoms with E-state index in [0.717, 1.165) is 22.4 Å². The molecule has 0 spiro atoms. The Morgan fingerprint density at radius 3 is 2.69 bits per heavy atom. The third-order valence-electron chi connectivity index (χ3n) is 4.65. The smallest absolute Gasteiger partial charge is 0.251 e. The van der Waals surface area contributed by atoms with Crippen LogP contribution in [0, 0.1) is 13.8 Å². The molecular weight excluding hydrogens is 364 g/mol. The van der Waals surface area contributed by atoms with E-state index in [4.69, 9.17) is 0 Å². The predicted octanol–water partition coefficient (Wildman–Crippen LogP) is 3.27. The quantitative estimate of drug-likeness (QED) is 0.497. The summed E-state index contributed by atoms with van der Waals surface area (Å²) < 4.78 is 1.90. The van der Waals surface area contributed by atoms with Crippen LogP contribution < -0.4 is 10.6 Å². The number of nitrogens with zero attached hydrogens (tertiary/aromatic N) is 4. The number of imidazole rings is 1. The maximum Gasteiger partial charge on any atom is 0.251 e. The van der Waals surface area contributed by atoms with Gasteiger partial charge < -0.3 is 10.6 Å². The molecule has 2 heterocycles. The van der Waals surface area contributed by atoms with Gasteiger partial charge in [-0.1, -0.05) is 36.4 Å². The Labute approximate surface area is 168 Å². The van der Waals surface area contributed by atoms with Crippen molar-refractivity contribution in [2.24, 2.45) is 0 Å². The lowest BCUT2D eigenvalue weighted by Gasteiger charge is -2.11. The maximum absolute atomic E-state index is 12.6. The van der Waals surface area contributed by atoms with E-state index in [9.17, 15) is 4.79 Å². The number of carbonyl (C=O) groups excluding carboxylic acids is 1. The molecule has 2 N–H and O–H groups in total. The van der Waals surface area contributed by atoms with E-state index in [0.29, 0.717) is 30.3 Å². The van der Waals surface area contributed by atoms with Crippen molar-refractivity contribution in [3.05, 3.63) is 78.1 Å². The van der Waals surface area contributed by atoms with Gasteiger partial charge in [0.15, 0.2) is 0 Å². The van der Waals surface area contributed by atoms with Gasteiger partial charge in [0.25, 0.3) is 5.91 Å². The van der Waals surface area contributed by atoms with Gasteiger partial charge in [0, 0.05) is 37.1 Å². The number of hydrogen-bond acceptors (Lipinski definition) is 5. The number of aryl methyl sites for hydroxylation is 2. The molecule has 1 amide bonds. The Balaban J connectivity index is 1.39. The average Bonchev–Trinajstić information content (AvgIpc) is 3.16. The number of fused-ring (bicyclic) bond motifs is 1. The molecule has 146 valence electrons. The molecule has 0 radical (unpaired) electrons. The Kier molecular flexibility index (Phi) is 5.20. The van der Waals surface area contributed by atoms with Crippen LogP contribution in [0.1, 0.15) is 22.0 Å². The molecule has 0 fully saturated rings. The first-order valence-corrected chi connectivity index (χ1v) is 9.47. The normalized spacial score (nSPS) is 10.8. The third kappa shape index (κ3) is 4.08. The predicted molar refractivity (Wildman–Crippen MR) is 113 cm³/mol. The van der Waals surface area contributed by atoms with E-state index in [-0.39, 0.29) is 5.91 Å². The van der Waals surface area contributed by atoms with Crippen LogP contribution in [0.4, 0.5) is 5.82 Å². The molecule has 7 heteroatoms. The second kappa shape index (κ2) is 8.10. The number of benzene rings is 2. The second-order valence-corrected chi connectivity index (χ2v) is 6.71. The van der Waals surface area contributed by atoms with Gasteiger partial charge in [-0.2, -0.15) is 0 Å². The van der Waals surface area contributed by atoms with Crippen LogP contribution in [-0.4, -0.2) is 38.5 Å². The summed E-state index contributed by atoms with van der Waals surface area (Å²) in [7, 11) is 0. The van der Waals surface area contributed by atoms with Crippen molar-refractivity contribution in [2.45, 2.75) is 13.8 Å². The fourth-order valence-corrected chi connectivity index (χ4v) is 3.27. The minimum absolute atomic E-state index is 0.0859. The second-order valence-electron chi connectivity index (χ2n) is 6.71. The summed E-state index contributed by atoms with van der Waals surface area (Å²) in [6.07, 6.45) is 3.61. The van der Waals surface area contributed by atoms with Crippen LogP contribution in [0.3, 0.4) is 0 Å². The highest BCUT2D eigenvalue weighted by molar-refractivity contribution is 6.06. The first-order chi connectivity index (χ1) is 14.1. The zero-order chi connectivity index (χ0) is 20.2. The molecule has 4 aromatic rings. The third-order valence-corrected chi connectivity index (χ3v) is 4.65. The SMILES string of the molecule is Cc1nc(NCCNC(=O)c2cccc3ccccc23)cc(-n2ccnc2C)n1. The molecular formula is C22H22N6O. The number of carbonyl (C=O) groups is 1. The van der Waals surface area contributed by atoms with Gasteiger partial charge in [0.1, 0.15) is 23.3 Å². The van der Waals surface area contributed by atoms with Crippen LogP contribution in [0.25, 0.3) is 16.6 Å². The molecule has 0 saturated carbocycles. The zero-order valence-electron chi connectivity index (χ0n) is 16.4. The van der Waals surface area contributed by atoms with Crippen LogP contribution in [0.2, 0.25) is 0 Å². The largest absolute Gasteiger partial charge is 0.368 e. The maximum atomic E-state index is 12.6. The standard InChI is InChI=1S/C22H22N6O/c1-15-26-20(14-21(27-15)28-13-12-23-16(28)2)24-10-11-25-22(29)19-9-5-7-17-6-3-4-8-18(17)19/h3-9,12-14H,10-11H2,1-2H3,(H,25,29)(H,24,26,27). The zero-order valence-corrected chi connectivity index (χ0v) is 16.4. The van der Waals surface area contributed by atoms with E-state index in [2.05, 4.69) is 25.6 Å². The number of rotatable bonds is 6. The van der Waals surface area contributed by atoms with Crippen molar-refractivity contribution < 1.29 is 4.79 Å². The molecule has 4 rings (SSSR count). The summed E-state index contributed by atoms with van der Waals surface area (Å²) in [6.45, 7) is 4.80. The summed E-state index contributed by atoms with van der Waals surface area (Å²) in [5.74, 6) is 2.90. The van der Waals surface area contributed by atoms with E-state index in [1.165, 1.54) is 0 Å². The highest BCUT2D eigenvalue weighted by Crippen LogP contribution is 2.18. The summed E-state index contributed by atoms with van der Waals surface area (Å²) >= 11 is 0. The van der Waals surface area contributed by atoms with Gasteiger partial charge >= 0.3 is 0 Å². The highest BCUT2D eigenvalue weighted by atomic mass is 16.1. The van der Waals surface area contributed by atoms with Crippen molar-refractivity contribution in [2.75, 3.05) is 18.4 Å². The number of hydrogen-bond donors (Lipinski definition) is 2. The Hall–Kier alpha value is -3.74. The van der Waals surface area contributed by atoms with Crippen molar-refractivity contribution in [3.8, 4) is 5.82 Å². The minimum Gasteiger partial charge on any atom is -0.368 e. The average molecular weight is 386 g/mol. The molecule has 0 aliphatic heterocycles. The monoisotopic (exact) mass is 386 g/mol. The lowest BCUT2D eigenvalue weighted by molar-refractivity contribution is 0.0957. The number of amides is 1. The van der Waals surface area contributed by atoms with Crippen molar-refractivity contribution in [3.63, 3.8) is 0 Å². The van der Waals surface area contributed by atoms with E-state index < -0.39 is 0 Å². The molecule has 0 atom stereocenters. The van der Waals surface area contributed by atoms with Crippen LogP contribution in [0.5, 0.6) is 0 Å². The van der Waals surface area contributed by atoms with Crippen molar-refractivity contribution >= 4 is 22.5 Å². The molecule has 29 heavy (non-hydrogen) atoms. The van der Waals surface area contributed by atoms with Crippen molar-refractivity contribution in [1.82, 2.24) is 24.8 Å². The minimum atomic E-state index is -0.0859. The van der Waals surface area contributed by atoms with Gasteiger partial charge in [-0.25, -0.2) is 15.0 Å². The molecule has 2 aromatic heterocycles. The van der Waals surface area contributed by atoms with Gasteiger partial charge in [-0.3, -0.25) is 9.36 Å². The lowest BCUT2D eigenvalue weighted by Crippen LogP contribution is -2.29. The van der Waals surface area contributed by atoms with Crippen LogP contribution in [0.15, 0.2) is 60.9 Å². The van der Waals surface area contributed by atoms with Crippen molar-refractivity contribution in [1.29, 1.82) is 0 Å². The van der Waals surface area contributed by atoms with Gasteiger partial charge in [-0.15, -0.1) is 0 Å². The van der Waals surface area contributed by atoms with Gasteiger partial charge in [0.2, 0.25) is 0 Å². The van der Waals surface area contributed by atoms with Gasteiger partial charge in [-0.05, 0) is 30.7 Å². The Morgan fingerprint density at radius 2 is 1.86 bits per heavy atom. The van der Waals surface area contributed by atoms with Crippen LogP contribution >= 0.6 is 0 Å². The molecule has 2 aromatic carbocycles. The first-order valence-electron chi connectivity index (χ1n) is 9.47. The number of nitrogens with one attached hydrogen (secondary N) is 2. The molecule has 0 aliphatic carbocycles. The number of aromatic nitrogens is 4. The molecule has 0 saturated heterocycles. The topological polar surface area (TPSA) is 84.7 Å². The Bertz CT molecular complexity index is 1160. The summed E-state index contributed by atoms with van der Waals surface area (Å²) in [5, 5.41) is 8.22. The van der Waals surface area contributed by atoms with E-state index >= 15 is 0 Å². The summed E-state index contributed by atoms with van der Waals surface area (Å²) in [4.78, 5) is 25.7. The van der Waals surface area contributed by atoms with E-state index in [1.54, 1.807) is 6.20 Å². The summed E-state index contributed by atoms with van der Waals surface area (Å²) in [5.41, 5.74) is 0.679. The molecule has 0 unspecified atom stereocenters.